The lowest BCUT2D eigenvalue weighted by Crippen LogP contribution is -2.40. The minimum absolute atomic E-state index is 0.00587. The molecule has 0 amide bonds. The molecule has 22 heavy (non-hydrogen) atoms. The third-order valence-electron chi connectivity index (χ3n) is 3.38. The molecular weight excluding hydrogens is 328 g/mol. The highest BCUT2D eigenvalue weighted by atomic mass is 35.5. The Morgan fingerprint density at radius 1 is 1.36 bits per heavy atom. The van der Waals surface area contributed by atoms with Crippen LogP contribution < -0.4 is 11.2 Å². The van der Waals surface area contributed by atoms with Gasteiger partial charge >= 0.3 is 5.69 Å². The lowest BCUT2D eigenvalue weighted by molar-refractivity contribution is 0.636. The van der Waals surface area contributed by atoms with Crippen molar-refractivity contribution in [3.05, 3.63) is 37.2 Å². The van der Waals surface area contributed by atoms with Crippen LogP contribution >= 0.6 is 23.1 Å². The molecule has 0 aliphatic heterocycles. The van der Waals surface area contributed by atoms with Crippen LogP contribution in [0.15, 0.2) is 15.9 Å². The Balaban J connectivity index is 2.26. The van der Waals surface area contributed by atoms with Crippen molar-refractivity contribution in [1.29, 1.82) is 0 Å². The van der Waals surface area contributed by atoms with Gasteiger partial charge in [0.2, 0.25) is 0 Å². The Kier molecular flexibility index (Phi) is 3.83. The van der Waals surface area contributed by atoms with Gasteiger partial charge in [0.05, 0.1) is 12.9 Å². The number of halogens is 1. The molecule has 0 saturated heterocycles. The summed E-state index contributed by atoms with van der Waals surface area (Å²) in [4.78, 5) is 29.3. The summed E-state index contributed by atoms with van der Waals surface area (Å²) in [5.41, 5.74) is 0.341. The van der Waals surface area contributed by atoms with Gasteiger partial charge in [-0.3, -0.25) is 13.9 Å². The van der Waals surface area contributed by atoms with Crippen molar-refractivity contribution in [2.24, 2.45) is 7.05 Å². The quantitative estimate of drug-likeness (QED) is 0.703. The van der Waals surface area contributed by atoms with Crippen molar-refractivity contribution in [2.75, 3.05) is 0 Å². The van der Waals surface area contributed by atoms with Gasteiger partial charge in [-0.25, -0.2) is 9.78 Å². The Morgan fingerprint density at radius 3 is 2.77 bits per heavy atom. The lowest BCUT2D eigenvalue weighted by Gasteiger charge is -2.08. The van der Waals surface area contributed by atoms with E-state index in [4.69, 9.17) is 11.6 Å². The molecule has 0 unspecified atom stereocenters. The second-order valence-corrected chi connectivity index (χ2v) is 6.19. The number of rotatable bonds is 4. The summed E-state index contributed by atoms with van der Waals surface area (Å²) in [5.74, 6) is 0. The van der Waals surface area contributed by atoms with E-state index in [1.165, 1.54) is 4.57 Å². The number of hydrogen-bond acceptors (Lipinski definition) is 6. The summed E-state index contributed by atoms with van der Waals surface area (Å²) in [7, 11) is 1.59. The van der Waals surface area contributed by atoms with E-state index in [-0.39, 0.29) is 6.54 Å². The van der Waals surface area contributed by atoms with Crippen molar-refractivity contribution in [3.8, 4) is 0 Å². The molecule has 0 aliphatic carbocycles. The predicted octanol–water partition coefficient (Wildman–Crippen LogP) is 0.860. The molecule has 0 N–H and O–H groups in total. The van der Waals surface area contributed by atoms with Crippen LogP contribution in [0, 0.1) is 0 Å². The number of imidazole rings is 1. The fourth-order valence-electron chi connectivity index (χ4n) is 2.31. The van der Waals surface area contributed by atoms with Crippen LogP contribution in [-0.2, 0) is 20.1 Å². The highest BCUT2D eigenvalue weighted by molar-refractivity contribution is 7.10. The fourth-order valence-corrected chi connectivity index (χ4v) is 2.92. The van der Waals surface area contributed by atoms with Crippen LogP contribution in [0.5, 0.6) is 0 Å². The zero-order chi connectivity index (χ0) is 15.9. The van der Waals surface area contributed by atoms with Gasteiger partial charge in [-0.1, -0.05) is 23.0 Å². The average molecular weight is 341 g/mol. The van der Waals surface area contributed by atoms with E-state index in [2.05, 4.69) is 14.6 Å². The minimum Gasteiger partial charge on any atom is -0.325 e. The van der Waals surface area contributed by atoms with E-state index >= 15 is 0 Å². The molecule has 0 radical (unpaired) electrons. The molecule has 0 fully saturated rings. The van der Waals surface area contributed by atoms with E-state index in [1.54, 1.807) is 17.9 Å². The summed E-state index contributed by atoms with van der Waals surface area (Å²) >= 11 is 6.98. The van der Waals surface area contributed by atoms with Crippen LogP contribution in [0.1, 0.15) is 19.0 Å². The summed E-state index contributed by atoms with van der Waals surface area (Å²) in [5, 5.41) is 3.86. The van der Waals surface area contributed by atoms with E-state index in [0.29, 0.717) is 27.7 Å². The summed E-state index contributed by atoms with van der Waals surface area (Å²) in [6, 6.07) is 0. The van der Waals surface area contributed by atoms with Gasteiger partial charge in [-0.2, -0.15) is 0 Å². The molecule has 10 heteroatoms. The Labute approximate surface area is 133 Å². The first-order valence-corrected chi connectivity index (χ1v) is 7.81. The maximum absolute atomic E-state index is 12.7. The lowest BCUT2D eigenvalue weighted by atomic mass is 10.4. The van der Waals surface area contributed by atoms with Crippen LogP contribution in [-0.4, -0.2) is 28.3 Å². The van der Waals surface area contributed by atoms with Gasteiger partial charge < -0.3 is 4.57 Å². The summed E-state index contributed by atoms with van der Waals surface area (Å²) in [6.45, 7) is 2.66. The molecular formula is C12H13ClN6O2S. The molecule has 3 aromatic heterocycles. The van der Waals surface area contributed by atoms with Gasteiger partial charge in [0.1, 0.15) is 10.0 Å². The zero-order valence-corrected chi connectivity index (χ0v) is 13.6. The fraction of sp³-hybridized carbons (Fsp3) is 0.417. The molecule has 0 aliphatic rings. The van der Waals surface area contributed by atoms with Gasteiger partial charge in [0, 0.05) is 25.1 Å². The first kappa shape index (κ1) is 14.9. The Hall–Kier alpha value is -2.00. The van der Waals surface area contributed by atoms with Crippen molar-refractivity contribution in [3.63, 3.8) is 0 Å². The van der Waals surface area contributed by atoms with E-state index in [0.717, 1.165) is 22.5 Å². The van der Waals surface area contributed by atoms with Crippen LogP contribution in [0.2, 0.25) is 4.34 Å². The highest BCUT2D eigenvalue weighted by Gasteiger charge is 2.17. The van der Waals surface area contributed by atoms with E-state index in [9.17, 15) is 9.59 Å². The molecule has 8 nitrogen and oxygen atoms in total. The number of aryl methyl sites for hydroxylation is 2. The Morgan fingerprint density at radius 2 is 2.14 bits per heavy atom. The standard InChI is InChI=1S/C12H13ClN6O2S/c1-3-4-18-6-14-10-8(18)11(20)19(12(21)17(10)2)5-7-9(13)22-16-15-7/h6H,3-5H2,1-2H3. The largest absolute Gasteiger partial charge is 0.332 e. The molecule has 0 aromatic carbocycles. The maximum atomic E-state index is 12.7. The van der Waals surface area contributed by atoms with Crippen LogP contribution in [0.3, 0.4) is 0 Å². The number of fused-ring (bicyclic) bond motifs is 1. The summed E-state index contributed by atoms with van der Waals surface area (Å²) < 4.78 is 8.31. The molecule has 0 bridgehead atoms. The molecule has 0 atom stereocenters. The topological polar surface area (TPSA) is 87.6 Å². The second kappa shape index (κ2) is 5.65. The molecule has 116 valence electrons. The molecule has 3 aromatic rings. The van der Waals surface area contributed by atoms with Gasteiger partial charge in [0.25, 0.3) is 5.56 Å². The van der Waals surface area contributed by atoms with Crippen molar-refractivity contribution in [2.45, 2.75) is 26.4 Å². The Bertz CT molecular complexity index is 953. The predicted molar refractivity (Wildman–Crippen MR) is 83.5 cm³/mol. The minimum atomic E-state index is -0.455. The SMILES string of the molecule is CCCn1cnc2c1c(=O)n(Cc1nnsc1Cl)c(=O)n2C. The third kappa shape index (κ3) is 2.26. The maximum Gasteiger partial charge on any atom is 0.332 e. The van der Waals surface area contributed by atoms with Crippen molar-refractivity contribution >= 4 is 34.3 Å². The monoisotopic (exact) mass is 340 g/mol. The normalized spacial score (nSPS) is 11.4. The van der Waals surface area contributed by atoms with E-state index in [1.807, 2.05) is 6.92 Å². The second-order valence-electron chi connectivity index (χ2n) is 4.84. The number of aromatic nitrogens is 6. The van der Waals surface area contributed by atoms with E-state index < -0.39 is 11.2 Å². The zero-order valence-electron chi connectivity index (χ0n) is 12.0. The molecule has 3 heterocycles. The third-order valence-corrected chi connectivity index (χ3v) is 4.37. The van der Waals surface area contributed by atoms with Crippen LogP contribution in [0.25, 0.3) is 11.2 Å². The molecule has 3 rings (SSSR count). The smallest absolute Gasteiger partial charge is 0.325 e. The van der Waals surface area contributed by atoms with Crippen molar-refractivity contribution < 1.29 is 0 Å². The first-order valence-electron chi connectivity index (χ1n) is 6.66. The van der Waals surface area contributed by atoms with Gasteiger partial charge in [-0.15, -0.1) is 5.10 Å². The average Bonchev–Trinajstić information content (AvgIpc) is 3.09. The summed E-state index contributed by atoms with van der Waals surface area (Å²) in [6.07, 6.45) is 2.44. The van der Waals surface area contributed by atoms with Crippen LogP contribution in [0.4, 0.5) is 0 Å². The number of hydrogen-bond donors (Lipinski definition) is 0. The van der Waals surface area contributed by atoms with Gasteiger partial charge in [0.15, 0.2) is 11.2 Å². The highest BCUT2D eigenvalue weighted by Crippen LogP contribution is 2.17. The van der Waals surface area contributed by atoms with Gasteiger partial charge in [-0.05, 0) is 6.42 Å². The molecule has 0 spiro atoms. The van der Waals surface area contributed by atoms with Crippen molar-refractivity contribution in [1.82, 2.24) is 28.3 Å². The molecule has 0 saturated carbocycles. The number of nitrogens with zero attached hydrogens (tertiary/aromatic N) is 6. The first-order chi connectivity index (χ1) is 10.5.